The van der Waals surface area contributed by atoms with E-state index in [4.69, 9.17) is 4.42 Å². The van der Waals surface area contributed by atoms with Crippen molar-refractivity contribution in [1.82, 2.24) is 20.2 Å². The number of oxazole rings is 1. The number of fused-ring (bicyclic) bond motifs is 1. The third-order valence-electron chi connectivity index (χ3n) is 1.08. The summed E-state index contributed by atoms with van der Waals surface area (Å²) < 4.78 is 4.83. The smallest absolute Gasteiger partial charge is 0.285 e. The molecule has 0 aliphatic rings. The number of nitrogens with zero attached hydrogens (tertiary/aromatic N) is 4. The summed E-state index contributed by atoms with van der Waals surface area (Å²) in [5.74, 6) is 0.599. The van der Waals surface area contributed by atoms with Crippen molar-refractivity contribution in [2.45, 2.75) is 6.92 Å². The van der Waals surface area contributed by atoms with E-state index in [0.717, 1.165) is 0 Å². The third kappa shape index (κ3) is 0.637. The molecule has 0 N–H and O–H groups in total. The second kappa shape index (κ2) is 1.73. The zero-order valence-electron chi connectivity index (χ0n) is 5.27. The summed E-state index contributed by atoms with van der Waals surface area (Å²) in [6, 6.07) is 0. The van der Waals surface area contributed by atoms with Gasteiger partial charge in [-0.2, -0.15) is 4.98 Å². The summed E-state index contributed by atoms with van der Waals surface area (Å²) in [6.07, 6.45) is 1.30. The molecule has 0 aromatic carbocycles. The minimum atomic E-state index is 0.380. The molecule has 2 aromatic heterocycles. The Hall–Kier alpha value is -1.52. The Bertz CT molecular complexity index is 355. The summed E-state index contributed by atoms with van der Waals surface area (Å²) in [5.41, 5.74) is 0.887. The number of hydrogen-bond donors (Lipinski definition) is 0. The van der Waals surface area contributed by atoms with Crippen LogP contribution in [0, 0.1) is 6.92 Å². The molecule has 0 radical (unpaired) electrons. The van der Waals surface area contributed by atoms with E-state index in [1.54, 1.807) is 6.92 Å². The van der Waals surface area contributed by atoms with Gasteiger partial charge in [-0.05, 0) is 6.92 Å². The van der Waals surface area contributed by atoms with Crippen LogP contribution in [0.15, 0.2) is 10.8 Å². The van der Waals surface area contributed by atoms with E-state index in [2.05, 4.69) is 20.2 Å². The molecule has 5 nitrogen and oxygen atoms in total. The highest BCUT2D eigenvalue weighted by Gasteiger charge is 1.99. The first-order chi connectivity index (χ1) is 4.86. The number of aryl methyl sites for hydroxylation is 1. The quantitative estimate of drug-likeness (QED) is 0.521. The predicted octanol–water partition coefficient (Wildman–Crippen LogP) is 0.321. The van der Waals surface area contributed by atoms with Crippen molar-refractivity contribution in [2.24, 2.45) is 0 Å². The van der Waals surface area contributed by atoms with E-state index >= 15 is 0 Å². The molecule has 0 unspecified atom stereocenters. The van der Waals surface area contributed by atoms with E-state index in [1.807, 2.05) is 0 Å². The lowest BCUT2D eigenvalue weighted by molar-refractivity contribution is 0.583. The Morgan fingerprint density at radius 2 is 2.30 bits per heavy atom. The van der Waals surface area contributed by atoms with Gasteiger partial charge in [-0.15, -0.1) is 10.2 Å². The summed E-state index contributed by atoms with van der Waals surface area (Å²) in [6.45, 7) is 1.75. The maximum Gasteiger partial charge on any atom is 0.285 e. The fourth-order valence-corrected chi connectivity index (χ4v) is 0.672. The molecule has 5 heteroatoms. The summed E-state index contributed by atoms with van der Waals surface area (Å²) in [5, 5.41) is 7.38. The highest BCUT2D eigenvalue weighted by molar-refractivity contribution is 5.59. The summed E-state index contributed by atoms with van der Waals surface area (Å²) in [7, 11) is 0. The molecule has 0 fully saturated rings. The van der Waals surface area contributed by atoms with E-state index < -0.39 is 0 Å². The van der Waals surface area contributed by atoms with Crippen LogP contribution >= 0.6 is 0 Å². The average Bonchev–Trinajstić information content (AvgIpc) is 2.33. The lowest BCUT2D eigenvalue weighted by atomic mass is 10.7. The monoisotopic (exact) mass is 136 g/mol. The lowest BCUT2D eigenvalue weighted by Crippen LogP contribution is -1.90. The zero-order valence-corrected chi connectivity index (χ0v) is 5.27. The van der Waals surface area contributed by atoms with Gasteiger partial charge in [0.1, 0.15) is 0 Å². The SMILES string of the molecule is Cc1nnc2ocnc2n1. The second-order valence-corrected chi connectivity index (χ2v) is 1.84. The Kier molecular flexibility index (Phi) is 0.913. The number of aromatic nitrogens is 4. The van der Waals surface area contributed by atoms with Crippen LogP contribution in [0.4, 0.5) is 0 Å². The molecule has 2 aromatic rings. The molecule has 0 atom stereocenters. The first-order valence-electron chi connectivity index (χ1n) is 2.77. The highest BCUT2D eigenvalue weighted by atomic mass is 16.3. The van der Waals surface area contributed by atoms with Gasteiger partial charge in [-0.1, -0.05) is 0 Å². The Balaban J connectivity index is 2.86. The molecular formula is C5H4N4O. The van der Waals surface area contributed by atoms with Crippen LogP contribution < -0.4 is 0 Å². The van der Waals surface area contributed by atoms with E-state index in [9.17, 15) is 0 Å². The van der Waals surface area contributed by atoms with E-state index in [1.165, 1.54) is 6.39 Å². The van der Waals surface area contributed by atoms with Gasteiger partial charge < -0.3 is 4.42 Å². The molecule has 50 valence electrons. The standard InChI is InChI=1S/C5H4N4O/c1-3-7-4-5(9-8-3)10-2-6-4/h2H,1H3. The van der Waals surface area contributed by atoms with Gasteiger partial charge in [0, 0.05) is 0 Å². The van der Waals surface area contributed by atoms with Crippen LogP contribution in [0.25, 0.3) is 11.4 Å². The van der Waals surface area contributed by atoms with Gasteiger partial charge in [0.25, 0.3) is 5.71 Å². The van der Waals surface area contributed by atoms with Gasteiger partial charge in [0.15, 0.2) is 12.2 Å². The molecule has 0 bridgehead atoms. The molecule has 10 heavy (non-hydrogen) atoms. The highest BCUT2D eigenvalue weighted by Crippen LogP contribution is 2.02. The van der Waals surface area contributed by atoms with E-state index in [0.29, 0.717) is 17.2 Å². The maximum atomic E-state index is 4.83. The molecule has 2 heterocycles. The maximum absolute atomic E-state index is 4.83. The molecule has 0 amide bonds. The zero-order chi connectivity index (χ0) is 6.97. The fraction of sp³-hybridized carbons (Fsp3) is 0.200. The van der Waals surface area contributed by atoms with Gasteiger partial charge in [-0.3, -0.25) is 0 Å². The topological polar surface area (TPSA) is 64.7 Å². The number of hydrogen-bond acceptors (Lipinski definition) is 5. The van der Waals surface area contributed by atoms with Crippen molar-refractivity contribution in [3.05, 3.63) is 12.2 Å². The first kappa shape index (κ1) is 5.28. The molecule has 0 spiro atoms. The molecular weight excluding hydrogens is 132 g/mol. The first-order valence-corrected chi connectivity index (χ1v) is 2.77. The van der Waals surface area contributed by atoms with Gasteiger partial charge in [0.2, 0.25) is 5.65 Å². The molecule has 0 saturated heterocycles. The minimum Gasteiger partial charge on any atom is -0.423 e. The van der Waals surface area contributed by atoms with Gasteiger partial charge in [-0.25, -0.2) is 4.98 Å². The third-order valence-corrected chi connectivity index (χ3v) is 1.08. The molecule has 0 aliphatic heterocycles. The average molecular weight is 136 g/mol. The van der Waals surface area contributed by atoms with Gasteiger partial charge >= 0.3 is 0 Å². The van der Waals surface area contributed by atoms with Crippen molar-refractivity contribution < 1.29 is 4.42 Å². The van der Waals surface area contributed by atoms with E-state index in [-0.39, 0.29) is 0 Å². The largest absolute Gasteiger partial charge is 0.423 e. The van der Waals surface area contributed by atoms with Gasteiger partial charge in [0.05, 0.1) is 0 Å². The van der Waals surface area contributed by atoms with Crippen LogP contribution in [-0.2, 0) is 0 Å². The van der Waals surface area contributed by atoms with Crippen LogP contribution in [-0.4, -0.2) is 20.2 Å². The number of rotatable bonds is 0. The predicted molar refractivity (Wildman–Crippen MR) is 32.1 cm³/mol. The van der Waals surface area contributed by atoms with Crippen molar-refractivity contribution in [2.75, 3.05) is 0 Å². The fourth-order valence-electron chi connectivity index (χ4n) is 0.672. The van der Waals surface area contributed by atoms with Crippen LogP contribution in [0.3, 0.4) is 0 Å². The molecule has 0 aliphatic carbocycles. The van der Waals surface area contributed by atoms with Crippen molar-refractivity contribution in [3.8, 4) is 0 Å². The summed E-state index contributed by atoms with van der Waals surface area (Å²) in [4.78, 5) is 7.76. The van der Waals surface area contributed by atoms with Crippen LogP contribution in [0.1, 0.15) is 5.82 Å². The minimum absolute atomic E-state index is 0.380. The normalized spacial score (nSPS) is 10.5. The Morgan fingerprint density at radius 3 is 3.20 bits per heavy atom. The summed E-state index contributed by atoms with van der Waals surface area (Å²) >= 11 is 0. The van der Waals surface area contributed by atoms with Crippen molar-refractivity contribution in [3.63, 3.8) is 0 Å². The van der Waals surface area contributed by atoms with Crippen LogP contribution in [0.2, 0.25) is 0 Å². The van der Waals surface area contributed by atoms with Crippen LogP contribution in [0.5, 0.6) is 0 Å². The Morgan fingerprint density at radius 1 is 1.40 bits per heavy atom. The lowest BCUT2D eigenvalue weighted by Gasteiger charge is -1.84. The van der Waals surface area contributed by atoms with Crippen molar-refractivity contribution >= 4 is 11.4 Å². The van der Waals surface area contributed by atoms with Crippen molar-refractivity contribution in [1.29, 1.82) is 0 Å². The molecule has 2 rings (SSSR count). The second-order valence-electron chi connectivity index (χ2n) is 1.84. The Labute approximate surface area is 56.1 Å². The molecule has 0 saturated carbocycles.